The van der Waals surface area contributed by atoms with E-state index in [9.17, 15) is 4.79 Å². The predicted molar refractivity (Wildman–Crippen MR) is 107 cm³/mol. The van der Waals surface area contributed by atoms with Gasteiger partial charge in [0.2, 0.25) is 17.6 Å². The molecule has 0 saturated heterocycles. The Morgan fingerprint density at radius 3 is 2.43 bits per heavy atom. The first-order chi connectivity index (χ1) is 13.3. The molecule has 3 rings (SSSR count). The molecule has 0 saturated carbocycles. The Kier molecular flexibility index (Phi) is 5.78. The minimum Gasteiger partial charge on any atom is -0.497 e. The van der Waals surface area contributed by atoms with E-state index in [1.54, 1.807) is 7.11 Å². The number of rotatable bonds is 7. The van der Waals surface area contributed by atoms with Gasteiger partial charge in [0.1, 0.15) is 12.2 Å². The van der Waals surface area contributed by atoms with Gasteiger partial charge < -0.3 is 14.6 Å². The second-order valence-electron chi connectivity index (χ2n) is 7.51. The third-order valence-corrected chi connectivity index (χ3v) is 4.37. The highest BCUT2D eigenvalue weighted by atomic mass is 16.5. The van der Waals surface area contributed by atoms with E-state index in [-0.39, 0.29) is 23.8 Å². The molecule has 1 amide bonds. The SMILES string of the molecule is COc1ccc(-c2noc(CC(=O)NC(C)(C)Cc3ccc(C)cc3)n2)cc1. The lowest BCUT2D eigenvalue weighted by Crippen LogP contribution is -2.45. The lowest BCUT2D eigenvalue weighted by molar-refractivity contribution is -0.122. The summed E-state index contributed by atoms with van der Waals surface area (Å²) >= 11 is 0. The van der Waals surface area contributed by atoms with E-state index in [0.29, 0.717) is 5.82 Å². The highest BCUT2D eigenvalue weighted by molar-refractivity contribution is 5.78. The van der Waals surface area contributed by atoms with Crippen LogP contribution in [0.4, 0.5) is 0 Å². The Morgan fingerprint density at radius 2 is 1.79 bits per heavy atom. The number of nitrogens with zero attached hydrogens (tertiary/aromatic N) is 2. The number of carbonyl (C=O) groups excluding carboxylic acids is 1. The van der Waals surface area contributed by atoms with Crippen molar-refractivity contribution in [1.29, 1.82) is 0 Å². The molecule has 2 aromatic carbocycles. The van der Waals surface area contributed by atoms with Crippen LogP contribution in [-0.4, -0.2) is 28.7 Å². The highest BCUT2D eigenvalue weighted by Gasteiger charge is 2.22. The fourth-order valence-electron chi connectivity index (χ4n) is 3.00. The highest BCUT2D eigenvalue weighted by Crippen LogP contribution is 2.20. The van der Waals surface area contributed by atoms with Crippen LogP contribution in [0.1, 0.15) is 30.9 Å². The number of benzene rings is 2. The molecule has 0 radical (unpaired) electrons. The molecular formula is C22H25N3O3. The van der Waals surface area contributed by atoms with Crippen molar-refractivity contribution < 1.29 is 14.1 Å². The molecule has 0 atom stereocenters. The van der Waals surface area contributed by atoms with Gasteiger partial charge >= 0.3 is 0 Å². The number of aromatic nitrogens is 2. The molecule has 0 fully saturated rings. The molecule has 1 N–H and O–H groups in total. The zero-order valence-electron chi connectivity index (χ0n) is 16.7. The number of aryl methyl sites for hydroxylation is 1. The summed E-state index contributed by atoms with van der Waals surface area (Å²) in [5.74, 6) is 1.34. The van der Waals surface area contributed by atoms with Gasteiger partial charge in [-0.1, -0.05) is 35.0 Å². The van der Waals surface area contributed by atoms with Crippen LogP contribution in [-0.2, 0) is 17.6 Å². The maximum Gasteiger partial charge on any atom is 0.236 e. The second-order valence-corrected chi connectivity index (χ2v) is 7.51. The van der Waals surface area contributed by atoms with Crippen LogP contribution in [0.15, 0.2) is 53.1 Å². The van der Waals surface area contributed by atoms with E-state index in [1.165, 1.54) is 11.1 Å². The minimum absolute atomic E-state index is 0.0421. The standard InChI is InChI=1S/C22H25N3O3/c1-15-5-7-16(8-6-15)14-22(2,3)24-19(26)13-20-23-21(25-28-20)17-9-11-18(27-4)12-10-17/h5-12H,13-14H2,1-4H3,(H,24,26). The molecule has 6 nitrogen and oxygen atoms in total. The summed E-state index contributed by atoms with van der Waals surface area (Å²) in [6.07, 6.45) is 0.778. The summed E-state index contributed by atoms with van der Waals surface area (Å²) in [7, 11) is 1.61. The van der Waals surface area contributed by atoms with Crippen molar-refractivity contribution in [1.82, 2.24) is 15.5 Å². The number of hydrogen-bond donors (Lipinski definition) is 1. The Hall–Kier alpha value is -3.15. The van der Waals surface area contributed by atoms with Crippen molar-refractivity contribution in [3.05, 3.63) is 65.5 Å². The van der Waals surface area contributed by atoms with Gasteiger partial charge in [-0.2, -0.15) is 4.98 Å². The molecule has 0 aliphatic heterocycles. The smallest absolute Gasteiger partial charge is 0.236 e. The molecule has 0 spiro atoms. The lowest BCUT2D eigenvalue weighted by Gasteiger charge is -2.26. The Labute approximate surface area is 164 Å². The van der Waals surface area contributed by atoms with Gasteiger partial charge in [-0.25, -0.2) is 0 Å². The number of methoxy groups -OCH3 is 1. The zero-order chi connectivity index (χ0) is 20.1. The molecule has 1 aromatic heterocycles. The largest absolute Gasteiger partial charge is 0.497 e. The van der Waals surface area contributed by atoms with Crippen LogP contribution < -0.4 is 10.1 Å². The first kappa shape index (κ1) is 19.6. The van der Waals surface area contributed by atoms with Crippen molar-refractivity contribution in [2.45, 2.75) is 39.2 Å². The van der Waals surface area contributed by atoms with Gasteiger partial charge in [-0.15, -0.1) is 0 Å². The van der Waals surface area contributed by atoms with Gasteiger partial charge in [0, 0.05) is 11.1 Å². The van der Waals surface area contributed by atoms with Gasteiger partial charge in [0.25, 0.3) is 0 Å². The first-order valence-corrected chi connectivity index (χ1v) is 9.18. The summed E-state index contributed by atoms with van der Waals surface area (Å²) in [5, 5.41) is 7.01. The van der Waals surface area contributed by atoms with Crippen molar-refractivity contribution in [2.24, 2.45) is 0 Å². The zero-order valence-corrected chi connectivity index (χ0v) is 16.7. The molecule has 0 unspecified atom stereocenters. The van der Waals surface area contributed by atoms with Crippen molar-refractivity contribution >= 4 is 5.91 Å². The van der Waals surface area contributed by atoms with Crippen LogP contribution in [0.5, 0.6) is 5.75 Å². The minimum atomic E-state index is -0.384. The molecule has 146 valence electrons. The predicted octanol–water partition coefficient (Wildman–Crippen LogP) is 3.73. The van der Waals surface area contributed by atoms with Crippen molar-refractivity contribution in [2.75, 3.05) is 7.11 Å². The van der Waals surface area contributed by atoms with Crippen LogP contribution in [0.3, 0.4) is 0 Å². The third-order valence-electron chi connectivity index (χ3n) is 4.37. The summed E-state index contributed by atoms with van der Waals surface area (Å²) in [5.41, 5.74) is 2.81. The fraction of sp³-hybridized carbons (Fsp3) is 0.318. The Balaban J connectivity index is 1.59. The fourth-order valence-corrected chi connectivity index (χ4v) is 3.00. The maximum atomic E-state index is 12.4. The van der Waals surface area contributed by atoms with Crippen molar-refractivity contribution in [3.8, 4) is 17.1 Å². The maximum absolute atomic E-state index is 12.4. The van der Waals surface area contributed by atoms with Gasteiger partial charge in [-0.3, -0.25) is 4.79 Å². The van der Waals surface area contributed by atoms with Crippen molar-refractivity contribution in [3.63, 3.8) is 0 Å². The Morgan fingerprint density at radius 1 is 1.11 bits per heavy atom. The van der Waals surface area contributed by atoms with E-state index in [2.05, 4.69) is 46.6 Å². The summed E-state index contributed by atoms with van der Waals surface area (Å²) < 4.78 is 10.4. The number of hydrogen-bond acceptors (Lipinski definition) is 5. The van der Waals surface area contributed by atoms with E-state index >= 15 is 0 Å². The Bertz CT molecular complexity index is 928. The van der Waals surface area contributed by atoms with E-state index < -0.39 is 0 Å². The van der Waals surface area contributed by atoms with Gasteiger partial charge in [0.05, 0.1) is 7.11 Å². The molecule has 28 heavy (non-hydrogen) atoms. The molecule has 3 aromatic rings. The van der Waals surface area contributed by atoms with E-state index in [4.69, 9.17) is 9.26 Å². The van der Waals surface area contributed by atoms with E-state index in [0.717, 1.165) is 17.7 Å². The average Bonchev–Trinajstić information content (AvgIpc) is 3.11. The number of carbonyl (C=O) groups is 1. The van der Waals surface area contributed by atoms with Crippen LogP contribution in [0, 0.1) is 6.92 Å². The third kappa shape index (κ3) is 5.19. The number of amides is 1. The molecule has 0 aliphatic carbocycles. The summed E-state index contributed by atoms with van der Waals surface area (Å²) in [6, 6.07) is 15.7. The van der Waals surface area contributed by atoms with Crippen LogP contribution >= 0.6 is 0 Å². The molecular weight excluding hydrogens is 354 g/mol. The second kappa shape index (κ2) is 8.25. The lowest BCUT2D eigenvalue weighted by atomic mass is 9.94. The van der Waals surface area contributed by atoms with Crippen LogP contribution in [0.25, 0.3) is 11.4 Å². The summed E-state index contributed by atoms with van der Waals surface area (Å²) in [4.78, 5) is 16.8. The van der Waals surface area contributed by atoms with E-state index in [1.807, 2.05) is 38.1 Å². The number of nitrogens with one attached hydrogen (secondary N) is 1. The quantitative estimate of drug-likeness (QED) is 0.677. The normalized spacial score (nSPS) is 11.3. The first-order valence-electron chi connectivity index (χ1n) is 9.18. The molecule has 0 aliphatic rings. The van der Waals surface area contributed by atoms with Gasteiger partial charge in [-0.05, 0) is 57.0 Å². The average molecular weight is 379 g/mol. The monoisotopic (exact) mass is 379 g/mol. The molecule has 6 heteroatoms. The van der Waals surface area contributed by atoms with Gasteiger partial charge in [0.15, 0.2) is 0 Å². The number of ether oxygens (including phenoxy) is 1. The summed E-state index contributed by atoms with van der Waals surface area (Å²) in [6.45, 7) is 6.06. The molecule has 0 bridgehead atoms. The molecule has 1 heterocycles. The van der Waals surface area contributed by atoms with Crippen LogP contribution in [0.2, 0.25) is 0 Å². The topological polar surface area (TPSA) is 77.2 Å².